The fraction of sp³-hybridized carbons (Fsp3) is 0.400. The van der Waals surface area contributed by atoms with E-state index in [-0.39, 0.29) is 17.7 Å². The molecule has 0 saturated heterocycles. The Labute approximate surface area is 294 Å². The third-order valence-electron chi connectivity index (χ3n) is 10.6. The Bertz CT molecular complexity index is 1940. The van der Waals surface area contributed by atoms with Crippen molar-refractivity contribution in [2.75, 3.05) is 69.8 Å². The fourth-order valence-electron chi connectivity index (χ4n) is 8.19. The van der Waals surface area contributed by atoms with Crippen molar-refractivity contribution < 1.29 is 38.3 Å². The first-order valence-electron chi connectivity index (χ1n) is 16.9. The van der Waals surface area contributed by atoms with E-state index in [9.17, 15) is 5.11 Å². The van der Waals surface area contributed by atoms with E-state index in [1.54, 1.807) is 42.7 Å². The summed E-state index contributed by atoms with van der Waals surface area (Å²) in [4.78, 5) is 4.68. The molecule has 0 bridgehead atoms. The van der Waals surface area contributed by atoms with E-state index in [1.165, 1.54) is 22.3 Å². The van der Waals surface area contributed by atoms with E-state index in [1.807, 2.05) is 30.3 Å². The summed E-state index contributed by atoms with van der Waals surface area (Å²) in [5.41, 5.74) is 8.54. The van der Waals surface area contributed by atoms with E-state index < -0.39 is 0 Å². The van der Waals surface area contributed by atoms with Crippen molar-refractivity contribution in [3.63, 3.8) is 0 Å². The van der Waals surface area contributed by atoms with E-state index >= 15 is 0 Å². The SMILES string of the molecule is COc1cc2c(cc1OC)[C@@H](Cc1ccc(OC)c(OC)c1Oc1cc3c(cc1OC)-c1c(O)c(OC)cc4c1[C@H](C3)CN(C)C4)N(C)CC2. The summed E-state index contributed by atoms with van der Waals surface area (Å²) < 4.78 is 41.6. The predicted molar refractivity (Wildman–Crippen MR) is 191 cm³/mol. The van der Waals surface area contributed by atoms with Crippen molar-refractivity contribution in [1.82, 2.24) is 9.80 Å². The third kappa shape index (κ3) is 5.60. The molecule has 0 unspecified atom stereocenters. The Morgan fingerprint density at radius 2 is 1.36 bits per heavy atom. The normalized spacial score (nSPS) is 18.0. The van der Waals surface area contributed by atoms with E-state index in [4.69, 9.17) is 33.2 Å². The van der Waals surface area contributed by atoms with Gasteiger partial charge in [0, 0.05) is 42.7 Å². The molecule has 0 amide bonds. The topological polar surface area (TPSA) is 91.3 Å². The molecule has 0 aromatic heterocycles. The van der Waals surface area contributed by atoms with Gasteiger partial charge in [0.1, 0.15) is 0 Å². The molecule has 2 atom stereocenters. The van der Waals surface area contributed by atoms with Crippen molar-refractivity contribution in [2.24, 2.45) is 0 Å². The van der Waals surface area contributed by atoms with Crippen LogP contribution in [0.25, 0.3) is 11.1 Å². The van der Waals surface area contributed by atoms with Crippen LogP contribution in [0.1, 0.15) is 45.3 Å². The molecule has 0 saturated carbocycles. The highest BCUT2D eigenvalue weighted by Gasteiger charge is 2.36. The highest BCUT2D eigenvalue weighted by molar-refractivity contribution is 5.85. The van der Waals surface area contributed by atoms with Crippen molar-refractivity contribution in [1.29, 1.82) is 0 Å². The molecular weight excluding hydrogens is 636 g/mol. The molecule has 0 fully saturated rings. The van der Waals surface area contributed by atoms with Gasteiger partial charge < -0.3 is 43.2 Å². The molecule has 10 heteroatoms. The fourth-order valence-corrected chi connectivity index (χ4v) is 8.19. The van der Waals surface area contributed by atoms with Gasteiger partial charge in [-0.05, 0) is 103 Å². The molecule has 2 aliphatic heterocycles. The molecule has 7 rings (SSSR count). The molecule has 1 N–H and O–H groups in total. The molecule has 264 valence electrons. The van der Waals surface area contributed by atoms with Gasteiger partial charge in [-0.1, -0.05) is 6.07 Å². The lowest BCUT2D eigenvalue weighted by Crippen LogP contribution is -2.33. The molecule has 0 spiro atoms. The average Bonchev–Trinajstić information content (AvgIpc) is 3.12. The van der Waals surface area contributed by atoms with Gasteiger partial charge in [0.05, 0.1) is 42.7 Å². The molecule has 4 aromatic rings. The van der Waals surface area contributed by atoms with Gasteiger partial charge >= 0.3 is 0 Å². The lowest BCUT2D eigenvalue weighted by atomic mass is 9.74. The van der Waals surface area contributed by atoms with E-state index in [0.29, 0.717) is 46.7 Å². The largest absolute Gasteiger partial charge is 0.504 e. The summed E-state index contributed by atoms with van der Waals surface area (Å²) in [7, 11) is 14.1. The highest BCUT2D eigenvalue weighted by Crippen LogP contribution is 2.54. The smallest absolute Gasteiger partial charge is 0.204 e. The number of ether oxygens (including phenoxy) is 7. The summed E-state index contributed by atoms with van der Waals surface area (Å²) in [6.45, 7) is 2.57. The van der Waals surface area contributed by atoms with Gasteiger partial charge in [-0.25, -0.2) is 0 Å². The van der Waals surface area contributed by atoms with Crippen molar-refractivity contribution in [3.05, 3.63) is 75.8 Å². The third-order valence-corrected chi connectivity index (χ3v) is 10.6. The van der Waals surface area contributed by atoms with E-state index in [2.05, 4.69) is 36.0 Å². The number of nitrogens with zero attached hydrogens (tertiary/aromatic N) is 2. The maximum absolute atomic E-state index is 11.5. The van der Waals surface area contributed by atoms with Crippen LogP contribution in [0.4, 0.5) is 0 Å². The Kier molecular flexibility index (Phi) is 9.09. The van der Waals surface area contributed by atoms with Gasteiger partial charge in [0.25, 0.3) is 0 Å². The van der Waals surface area contributed by atoms with Crippen molar-refractivity contribution in [3.8, 4) is 62.9 Å². The number of hydrogen-bond donors (Lipinski definition) is 1. The first-order valence-corrected chi connectivity index (χ1v) is 16.9. The Hall–Kier alpha value is -4.80. The number of rotatable bonds is 10. The first-order chi connectivity index (χ1) is 24.2. The van der Waals surface area contributed by atoms with E-state index in [0.717, 1.165) is 60.5 Å². The van der Waals surface area contributed by atoms with Crippen LogP contribution in [0.15, 0.2) is 42.5 Å². The molecule has 0 radical (unpaired) electrons. The lowest BCUT2D eigenvalue weighted by Gasteiger charge is -2.38. The predicted octanol–water partition coefficient (Wildman–Crippen LogP) is 6.76. The first kappa shape index (κ1) is 33.7. The minimum Gasteiger partial charge on any atom is -0.504 e. The van der Waals surface area contributed by atoms with Crippen LogP contribution < -0.4 is 33.2 Å². The number of hydrogen-bond acceptors (Lipinski definition) is 10. The second kappa shape index (κ2) is 13.5. The van der Waals surface area contributed by atoms with Crippen LogP contribution in [-0.4, -0.2) is 84.7 Å². The van der Waals surface area contributed by atoms with Crippen LogP contribution >= 0.6 is 0 Å². The van der Waals surface area contributed by atoms with Gasteiger partial charge in [0.15, 0.2) is 46.0 Å². The van der Waals surface area contributed by atoms with Crippen molar-refractivity contribution >= 4 is 0 Å². The maximum atomic E-state index is 11.5. The van der Waals surface area contributed by atoms with Crippen molar-refractivity contribution in [2.45, 2.75) is 37.8 Å². The van der Waals surface area contributed by atoms with Crippen LogP contribution in [0, 0.1) is 0 Å². The zero-order valence-electron chi connectivity index (χ0n) is 30.1. The Morgan fingerprint density at radius 1 is 0.700 bits per heavy atom. The van der Waals surface area contributed by atoms with Crippen LogP contribution in [0.2, 0.25) is 0 Å². The van der Waals surface area contributed by atoms with Crippen LogP contribution in [0.3, 0.4) is 0 Å². The summed E-state index contributed by atoms with van der Waals surface area (Å²) in [6, 6.07) is 14.2. The highest BCUT2D eigenvalue weighted by atomic mass is 16.5. The summed E-state index contributed by atoms with van der Waals surface area (Å²) in [5, 5.41) is 11.5. The van der Waals surface area contributed by atoms with Gasteiger partial charge in [-0.15, -0.1) is 0 Å². The molecule has 50 heavy (non-hydrogen) atoms. The molecule has 3 aliphatic rings. The Balaban J connectivity index is 1.34. The number of methoxy groups -OCH3 is 6. The zero-order valence-corrected chi connectivity index (χ0v) is 30.1. The number of likely N-dealkylation sites (N-methyl/N-ethyl adjacent to an activating group) is 2. The summed E-state index contributed by atoms with van der Waals surface area (Å²) in [6.07, 6.45) is 2.34. The van der Waals surface area contributed by atoms with Crippen LogP contribution in [0.5, 0.6) is 51.7 Å². The van der Waals surface area contributed by atoms with Gasteiger partial charge in [0.2, 0.25) is 5.75 Å². The molecule has 2 heterocycles. The second-order valence-corrected chi connectivity index (χ2v) is 13.4. The molecule has 10 nitrogen and oxygen atoms in total. The summed E-state index contributed by atoms with van der Waals surface area (Å²) >= 11 is 0. The number of aromatic hydroxyl groups is 1. The molecular formula is C40H46N2O8. The van der Waals surface area contributed by atoms with Gasteiger partial charge in [-0.3, -0.25) is 4.90 Å². The quantitative estimate of drug-likeness (QED) is 0.194. The maximum Gasteiger partial charge on any atom is 0.204 e. The lowest BCUT2D eigenvalue weighted by molar-refractivity contribution is 0.226. The van der Waals surface area contributed by atoms with Gasteiger partial charge in [-0.2, -0.15) is 0 Å². The molecule has 4 aromatic carbocycles. The average molecular weight is 683 g/mol. The number of phenols is 1. The number of phenolic OH excluding ortho intramolecular Hbond substituents is 1. The van der Waals surface area contributed by atoms with Crippen LogP contribution in [-0.2, 0) is 25.8 Å². The number of fused-ring (bicyclic) bond motifs is 3. The summed E-state index contributed by atoms with van der Waals surface area (Å²) in [5.74, 6) is 4.99. The minimum absolute atomic E-state index is 0.0383. The number of benzene rings is 4. The monoisotopic (exact) mass is 682 g/mol. The minimum atomic E-state index is 0.0383. The standard InChI is InChI=1S/C40H46N2O8/c1-41-20-25-13-24-16-34(33(47-6)19-28(24)37-36(25)26(21-41)17-35(48-7)38(37)43)50-39-23(9-10-30(44-3)40(39)49-8)14-29-27-18-32(46-5)31(45-4)15-22(27)11-12-42(29)2/h9-10,15-19,25,29,43H,11-14,20-21H2,1-8H3/t25-,29-/m1/s1. The Morgan fingerprint density at radius 3 is 2.06 bits per heavy atom. The zero-order chi connectivity index (χ0) is 35.3. The second-order valence-electron chi connectivity index (χ2n) is 13.4. The molecule has 1 aliphatic carbocycles.